The Hall–Kier alpha value is -6.39. The van der Waals surface area contributed by atoms with Gasteiger partial charge < -0.3 is 28.5 Å². The molecule has 0 aliphatic heterocycles. The molecule has 9 heteroatoms. The van der Waals surface area contributed by atoms with Gasteiger partial charge in [0.15, 0.2) is 6.10 Å². The van der Waals surface area contributed by atoms with Gasteiger partial charge in [-0.05, 0) is 154 Å². The van der Waals surface area contributed by atoms with Crippen LogP contribution < -0.4 is 0 Å². The fraction of sp³-hybridized carbons (Fsp3) is 0.536. The van der Waals surface area contributed by atoms with E-state index in [2.05, 4.69) is 233 Å². The van der Waals surface area contributed by atoms with Crippen LogP contribution in [0.1, 0.15) is 232 Å². The van der Waals surface area contributed by atoms with Crippen LogP contribution in [-0.2, 0) is 33.3 Å². The molecule has 0 saturated carbocycles. The maximum absolute atomic E-state index is 13.0. The van der Waals surface area contributed by atoms with E-state index in [4.69, 9.17) is 18.9 Å². The number of nitrogens with zero attached hydrogens (tertiary/aromatic N) is 1. The van der Waals surface area contributed by atoms with Crippen LogP contribution in [0.15, 0.2) is 219 Å². The van der Waals surface area contributed by atoms with Gasteiger partial charge in [-0.25, -0.2) is 4.79 Å². The zero-order valence-electron chi connectivity index (χ0n) is 59.1. The maximum Gasteiger partial charge on any atom is 0.361 e. The highest BCUT2D eigenvalue weighted by Crippen LogP contribution is 2.14. The molecule has 0 radical (unpaired) electrons. The molecule has 0 aliphatic rings. The first-order valence-corrected chi connectivity index (χ1v) is 35.9. The smallest absolute Gasteiger partial charge is 0.361 e. The number of rotatable bonds is 63. The molecule has 518 valence electrons. The number of carbonyl (C=O) groups excluding carboxylic acids is 2. The number of quaternary nitrogens is 1. The third-order valence-corrected chi connectivity index (χ3v) is 14.2. The monoisotopic (exact) mass is 1280 g/mol. The van der Waals surface area contributed by atoms with Gasteiger partial charge in [-0.1, -0.05) is 284 Å². The lowest BCUT2D eigenvalue weighted by Gasteiger charge is -2.25. The molecule has 0 heterocycles. The first-order valence-electron chi connectivity index (χ1n) is 35.9. The minimum atomic E-state index is -1.54. The van der Waals surface area contributed by atoms with Crippen molar-refractivity contribution in [3.63, 3.8) is 0 Å². The molecule has 0 aromatic rings. The molecule has 0 fully saturated rings. The molecule has 0 aromatic heterocycles. The van der Waals surface area contributed by atoms with Gasteiger partial charge in [0.2, 0.25) is 0 Å². The standard InChI is InChI=1S/C84H129NO8/c1-6-8-10-12-14-16-18-20-22-24-26-28-30-32-34-35-36-37-38-39-40-41-42-43-44-45-46-47-49-51-53-55-57-59-61-63-65-67-69-71-73-75-82(87)93-80(79-92-84(83(88)89)90-77-76-85(3,4)5)78-91-81(86)74-72-70-68-66-64-62-60-58-56-54-52-50-48-33-31-29-27-25-23-21-19-17-15-13-11-9-7-2/h8-11,14-17,20-23,26-29,32-34,36-37,39-40,42-43,45-46,48-49,51-52,54,58,60,64,66,80,84H,6-7,12-13,18-19,24-25,30-31,35,38,41,44,47,50,53,55-57,59,61-63,65,67-79H2,1-5H3/p+1/b10-8-,11-9-,16-14-,17-15-,22-20-,23-21-,28-26-,29-27-,34-32-,37-36-,40-39-,43-42-,46-45-,48-33-,51-49-,54-52-,60-58-,66-64-. The summed E-state index contributed by atoms with van der Waals surface area (Å²) in [6.07, 6.45) is 110. The fourth-order valence-electron chi connectivity index (χ4n) is 8.82. The van der Waals surface area contributed by atoms with Crippen LogP contribution in [0.5, 0.6) is 0 Å². The lowest BCUT2D eigenvalue weighted by atomic mass is 10.0. The summed E-state index contributed by atoms with van der Waals surface area (Å²) >= 11 is 0. The first kappa shape index (κ1) is 86.6. The van der Waals surface area contributed by atoms with Crippen molar-refractivity contribution < 1.29 is 42.9 Å². The number of likely N-dealkylation sites (N-methyl/N-ethyl adjacent to an activating group) is 1. The fourth-order valence-corrected chi connectivity index (χ4v) is 8.82. The van der Waals surface area contributed by atoms with Crippen LogP contribution in [0.3, 0.4) is 0 Å². The minimum Gasteiger partial charge on any atom is -0.477 e. The molecular weight excluding hydrogens is 1150 g/mol. The molecule has 0 bridgehead atoms. The number of hydrogen-bond acceptors (Lipinski definition) is 7. The third-order valence-electron chi connectivity index (χ3n) is 14.2. The topological polar surface area (TPSA) is 108 Å². The summed E-state index contributed by atoms with van der Waals surface area (Å²) in [5, 5.41) is 9.75. The van der Waals surface area contributed by atoms with Crippen LogP contribution in [0, 0.1) is 0 Å². The first-order chi connectivity index (χ1) is 45.6. The van der Waals surface area contributed by atoms with Crippen LogP contribution in [0.4, 0.5) is 0 Å². The van der Waals surface area contributed by atoms with E-state index in [1.165, 1.54) is 38.5 Å². The second kappa shape index (κ2) is 71.5. The van der Waals surface area contributed by atoms with Crippen molar-refractivity contribution in [2.24, 2.45) is 0 Å². The Kier molecular flexibility index (Phi) is 66.5. The van der Waals surface area contributed by atoms with Gasteiger partial charge in [0.05, 0.1) is 34.4 Å². The second-order valence-corrected chi connectivity index (χ2v) is 24.1. The number of hydrogen-bond donors (Lipinski definition) is 1. The largest absolute Gasteiger partial charge is 0.477 e. The molecule has 0 spiro atoms. The highest BCUT2D eigenvalue weighted by Gasteiger charge is 2.25. The summed E-state index contributed by atoms with van der Waals surface area (Å²) in [7, 11) is 5.94. The number of esters is 2. The lowest BCUT2D eigenvalue weighted by Crippen LogP contribution is -2.40. The van der Waals surface area contributed by atoms with Gasteiger partial charge in [-0.3, -0.25) is 9.59 Å². The molecule has 93 heavy (non-hydrogen) atoms. The van der Waals surface area contributed by atoms with Gasteiger partial charge >= 0.3 is 17.9 Å². The Morgan fingerprint density at radius 2 is 0.581 bits per heavy atom. The van der Waals surface area contributed by atoms with E-state index in [9.17, 15) is 19.5 Å². The van der Waals surface area contributed by atoms with Crippen molar-refractivity contribution in [3.8, 4) is 0 Å². The Labute approximate surface area is 568 Å². The van der Waals surface area contributed by atoms with Crippen molar-refractivity contribution >= 4 is 17.9 Å². The van der Waals surface area contributed by atoms with E-state index in [1.54, 1.807) is 0 Å². The predicted octanol–water partition coefficient (Wildman–Crippen LogP) is 22.9. The highest BCUT2D eigenvalue weighted by atomic mass is 16.7. The van der Waals surface area contributed by atoms with Crippen molar-refractivity contribution in [3.05, 3.63) is 219 Å². The summed E-state index contributed by atoms with van der Waals surface area (Å²) in [4.78, 5) is 37.6. The summed E-state index contributed by atoms with van der Waals surface area (Å²) in [6.45, 7) is 4.56. The van der Waals surface area contributed by atoms with Crippen LogP contribution >= 0.6 is 0 Å². The van der Waals surface area contributed by atoms with Crippen molar-refractivity contribution in [1.29, 1.82) is 0 Å². The van der Waals surface area contributed by atoms with Crippen LogP contribution in [-0.4, -0.2) is 87.4 Å². The summed E-state index contributed by atoms with van der Waals surface area (Å²) < 4.78 is 22.9. The summed E-state index contributed by atoms with van der Waals surface area (Å²) in [6, 6.07) is 0. The quantitative estimate of drug-likeness (QED) is 0.0211. The average Bonchev–Trinajstić information content (AvgIpc) is 3.38. The van der Waals surface area contributed by atoms with Crippen molar-refractivity contribution in [2.45, 2.75) is 245 Å². The Morgan fingerprint density at radius 1 is 0.323 bits per heavy atom. The number of carbonyl (C=O) groups is 3. The zero-order valence-corrected chi connectivity index (χ0v) is 59.1. The number of aliphatic carboxylic acids is 1. The molecule has 0 aromatic carbocycles. The van der Waals surface area contributed by atoms with Gasteiger partial charge in [0, 0.05) is 12.8 Å². The van der Waals surface area contributed by atoms with Gasteiger partial charge in [-0.15, -0.1) is 0 Å². The van der Waals surface area contributed by atoms with E-state index in [-0.39, 0.29) is 32.7 Å². The molecule has 0 aliphatic carbocycles. The molecule has 0 saturated heterocycles. The maximum atomic E-state index is 13.0. The number of ether oxygens (including phenoxy) is 4. The molecule has 2 unspecified atom stereocenters. The minimum absolute atomic E-state index is 0.167. The number of carboxylic acids is 1. The zero-order chi connectivity index (χ0) is 67.5. The summed E-state index contributed by atoms with van der Waals surface area (Å²) in [5.74, 6) is -2.10. The van der Waals surface area contributed by atoms with Gasteiger partial charge in [-0.2, -0.15) is 0 Å². The van der Waals surface area contributed by atoms with Crippen LogP contribution in [0.25, 0.3) is 0 Å². The number of carboxylic acid groups (broad SMARTS) is 1. The predicted molar refractivity (Wildman–Crippen MR) is 400 cm³/mol. The van der Waals surface area contributed by atoms with E-state index in [1.807, 2.05) is 21.1 Å². The number of unbranched alkanes of at least 4 members (excludes halogenated alkanes) is 12. The second-order valence-electron chi connectivity index (χ2n) is 24.1. The normalized spacial score (nSPS) is 14.0. The molecule has 0 rings (SSSR count). The van der Waals surface area contributed by atoms with Crippen LogP contribution in [0.2, 0.25) is 0 Å². The Bertz CT molecular complexity index is 2330. The third kappa shape index (κ3) is 72.9. The lowest BCUT2D eigenvalue weighted by molar-refractivity contribution is -0.870. The van der Waals surface area contributed by atoms with E-state index in [0.717, 1.165) is 154 Å². The molecule has 9 nitrogen and oxygen atoms in total. The molecule has 2 atom stereocenters. The average molecular weight is 1280 g/mol. The summed E-state index contributed by atoms with van der Waals surface area (Å²) in [5.41, 5.74) is 0. The number of allylic oxidation sites excluding steroid dienone is 36. The van der Waals surface area contributed by atoms with Gasteiger partial charge in [0.25, 0.3) is 6.29 Å². The van der Waals surface area contributed by atoms with Crippen molar-refractivity contribution in [1.82, 2.24) is 0 Å². The molecule has 0 amide bonds. The Balaban J connectivity index is 4.25. The van der Waals surface area contributed by atoms with E-state index >= 15 is 0 Å². The Morgan fingerprint density at radius 3 is 0.882 bits per heavy atom. The van der Waals surface area contributed by atoms with E-state index in [0.29, 0.717) is 23.9 Å². The highest BCUT2D eigenvalue weighted by molar-refractivity contribution is 5.71. The SMILES string of the molecule is CC/C=C\C/C=C\C/C=C\C/C=C\C/C=C\C/C=C\C/C=C\C/C=C\C/C=C\C/C=C\CCCCCCCCCCCCC(=O)OC(COC(=O)CCCC/C=C\C/C=C\C/C=C\C/C=C\C/C=C\C/C=C\C/C=C\C/C=C\CC)COC(OCC[N+](C)(C)C)C(=O)O. The van der Waals surface area contributed by atoms with Gasteiger partial charge in [0.1, 0.15) is 13.2 Å². The van der Waals surface area contributed by atoms with E-state index < -0.39 is 30.3 Å². The van der Waals surface area contributed by atoms with Crippen molar-refractivity contribution in [2.75, 3.05) is 47.5 Å². The molecule has 1 N–H and O–H groups in total. The molecular formula is C84H130NO8+.